The van der Waals surface area contributed by atoms with E-state index in [4.69, 9.17) is 5.73 Å². The molecule has 2 aromatic carbocycles. The number of amides is 1. The first-order valence-electron chi connectivity index (χ1n) is 5.84. The lowest BCUT2D eigenvalue weighted by molar-refractivity contribution is -0.113. The van der Waals surface area contributed by atoms with Crippen molar-refractivity contribution < 1.29 is 13.4 Å². The molecule has 0 saturated carbocycles. The second kappa shape index (κ2) is 6.29. The molecular formula is C14H13FN2O2S. The Morgan fingerprint density at radius 2 is 1.90 bits per heavy atom. The SMILES string of the molecule is Nc1ccc(S(=O)CC(=O)Nc2cccc(F)c2)cc1. The van der Waals surface area contributed by atoms with E-state index in [0.717, 1.165) is 0 Å². The minimum absolute atomic E-state index is 0.194. The smallest absolute Gasteiger partial charge is 0.237 e. The summed E-state index contributed by atoms with van der Waals surface area (Å²) in [5.41, 5.74) is 6.43. The Kier molecular flexibility index (Phi) is 4.47. The van der Waals surface area contributed by atoms with Crippen LogP contribution in [0.1, 0.15) is 0 Å². The fraction of sp³-hybridized carbons (Fsp3) is 0.0714. The average molecular weight is 292 g/mol. The van der Waals surface area contributed by atoms with Crippen LogP contribution in [0.2, 0.25) is 0 Å². The number of halogens is 1. The van der Waals surface area contributed by atoms with Gasteiger partial charge in [0.15, 0.2) is 0 Å². The predicted octanol–water partition coefficient (Wildman–Crippen LogP) is 2.15. The van der Waals surface area contributed by atoms with Crippen molar-refractivity contribution in [2.45, 2.75) is 4.90 Å². The molecule has 0 aliphatic carbocycles. The van der Waals surface area contributed by atoms with Gasteiger partial charge in [-0.25, -0.2) is 4.39 Å². The van der Waals surface area contributed by atoms with Crippen molar-refractivity contribution in [3.63, 3.8) is 0 Å². The monoisotopic (exact) mass is 292 g/mol. The number of hydrogen-bond acceptors (Lipinski definition) is 3. The van der Waals surface area contributed by atoms with Gasteiger partial charge in [-0.05, 0) is 42.5 Å². The van der Waals surface area contributed by atoms with Crippen molar-refractivity contribution in [3.05, 3.63) is 54.3 Å². The maximum atomic E-state index is 13.0. The first-order valence-corrected chi connectivity index (χ1v) is 7.16. The number of rotatable bonds is 4. The van der Waals surface area contributed by atoms with Gasteiger partial charge < -0.3 is 11.1 Å². The van der Waals surface area contributed by atoms with E-state index in [9.17, 15) is 13.4 Å². The average Bonchev–Trinajstić information content (AvgIpc) is 2.39. The third-order valence-corrected chi connectivity index (χ3v) is 3.84. The van der Waals surface area contributed by atoms with Gasteiger partial charge in [0.2, 0.25) is 5.91 Å². The van der Waals surface area contributed by atoms with E-state index in [2.05, 4.69) is 5.32 Å². The molecule has 0 heterocycles. The zero-order chi connectivity index (χ0) is 14.5. The number of carbonyl (C=O) groups is 1. The Bertz CT molecular complexity index is 644. The van der Waals surface area contributed by atoms with Crippen molar-refractivity contribution in [1.82, 2.24) is 0 Å². The lowest BCUT2D eigenvalue weighted by atomic mass is 10.3. The van der Waals surface area contributed by atoms with E-state index in [1.54, 1.807) is 30.3 Å². The van der Waals surface area contributed by atoms with Gasteiger partial charge in [0, 0.05) is 16.3 Å². The van der Waals surface area contributed by atoms with Crippen molar-refractivity contribution in [2.24, 2.45) is 0 Å². The van der Waals surface area contributed by atoms with Crippen molar-refractivity contribution in [2.75, 3.05) is 16.8 Å². The number of carbonyl (C=O) groups excluding carboxylic acids is 1. The van der Waals surface area contributed by atoms with Crippen LogP contribution in [0.15, 0.2) is 53.4 Å². The van der Waals surface area contributed by atoms with Crippen LogP contribution in [-0.2, 0) is 15.6 Å². The van der Waals surface area contributed by atoms with Crippen molar-refractivity contribution in [1.29, 1.82) is 0 Å². The first kappa shape index (κ1) is 14.2. The molecule has 0 aliphatic rings. The standard InChI is InChI=1S/C14H13FN2O2S/c15-10-2-1-3-12(8-10)17-14(18)9-20(19)13-6-4-11(16)5-7-13/h1-8H,9,16H2,(H,17,18). The van der Waals surface area contributed by atoms with E-state index in [-0.39, 0.29) is 5.75 Å². The van der Waals surface area contributed by atoms with Gasteiger partial charge in [-0.15, -0.1) is 0 Å². The highest BCUT2D eigenvalue weighted by molar-refractivity contribution is 7.85. The summed E-state index contributed by atoms with van der Waals surface area (Å²) in [5.74, 6) is -1.08. The van der Waals surface area contributed by atoms with Crippen LogP contribution in [0, 0.1) is 5.82 Å². The maximum absolute atomic E-state index is 13.0. The Hall–Kier alpha value is -2.21. The molecule has 0 saturated heterocycles. The lowest BCUT2D eigenvalue weighted by Crippen LogP contribution is -2.19. The zero-order valence-electron chi connectivity index (χ0n) is 10.5. The lowest BCUT2D eigenvalue weighted by Gasteiger charge is -2.05. The topological polar surface area (TPSA) is 72.2 Å². The first-order chi connectivity index (χ1) is 9.54. The van der Waals surface area contributed by atoms with Crippen LogP contribution in [0.4, 0.5) is 15.8 Å². The van der Waals surface area contributed by atoms with E-state index in [1.165, 1.54) is 18.2 Å². The van der Waals surface area contributed by atoms with Crippen LogP contribution in [0.25, 0.3) is 0 Å². The molecule has 0 radical (unpaired) electrons. The largest absolute Gasteiger partial charge is 0.399 e. The zero-order valence-corrected chi connectivity index (χ0v) is 11.3. The highest BCUT2D eigenvalue weighted by Gasteiger charge is 2.10. The fourth-order valence-corrected chi connectivity index (χ4v) is 2.50. The van der Waals surface area contributed by atoms with E-state index >= 15 is 0 Å². The fourth-order valence-electron chi connectivity index (χ4n) is 1.59. The minimum Gasteiger partial charge on any atom is -0.399 e. The molecule has 0 aromatic heterocycles. The Balaban J connectivity index is 1.97. The van der Waals surface area contributed by atoms with E-state index in [0.29, 0.717) is 16.3 Å². The van der Waals surface area contributed by atoms with Crippen LogP contribution >= 0.6 is 0 Å². The van der Waals surface area contributed by atoms with Crippen LogP contribution in [-0.4, -0.2) is 15.9 Å². The van der Waals surface area contributed by atoms with E-state index < -0.39 is 22.5 Å². The number of benzene rings is 2. The minimum atomic E-state index is -1.46. The summed E-state index contributed by atoms with van der Waals surface area (Å²) in [4.78, 5) is 12.2. The van der Waals surface area contributed by atoms with Gasteiger partial charge in [0.05, 0.1) is 10.8 Å². The molecule has 0 bridgehead atoms. The van der Waals surface area contributed by atoms with Crippen molar-refractivity contribution >= 4 is 28.1 Å². The Morgan fingerprint density at radius 1 is 1.20 bits per heavy atom. The Morgan fingerprint density at radius 3 is 2.55 bits per heavy atom. The normalized spacial score (nSPS) is 11.8. The molecular weight excluding hydrogens is 279 g/mol. The van der Waals surface area contributed by atoms with Gasteiger partial charge in [0.1, 0.15) is 11.6 Å². The van der Waals surface area contributed by atoms with Gasteiger partial charge in [0.25, 0.3) is 0 Å². The molecule has 4 nitrogen and oxygen atoms in total. The number of nitrogens with one attached hydrogen (secondary N) is 1. The molecule has 104 valence electrons. The summed E-state index contributed by atoms with van der Waals surface area (Å²) in [5, 5.41) is 2.50. The molecule has 6 heteroatoms. The molecule has 1 unspecified atom stereocenters. The molecule has 1 amide bonds. The third kappa shape index (κ3) is 3.89. The number of hydrogen-bond donors (Lipinski definition) is 2. The molecule has 2 rings (SSSR count). The van der Waals surface area contributed by atoms with Gasteiger partial charge in [-0.3, -0.25) is 9.00 Å². The number of nitrogens with two attached hydrogens (primary N) is 1. The number of anilines is 2. The maximum Gasteiger partial charge on any atom is 0.237 e. The summed E-state index contributed by atoms with van der Waals surface area (Å²) < 4.78 is 24.9. The van der Waals surface area contributed by atoms with Crippen LogP contribution in [0.3, 0.4) is 0 Å². The summed E-state index contributed by atoms with van der Waals surface area (Å²) >= 11 is 0. The third-order valence-electron chi connectivity index (χ3n) is 2.51. The Labute approximate surface area is 118 Å². The molecule has 0 aliphatic heterocycles. The number of nitrogen functional groups attached to an aromatic ring is 1. The molecule has 0 fully saturated rings. The van der Waals surface area contributed by atoms with Crippen molar-refractivity contribution in [3.8, 4) is 0 Å². The van der Waals surface area contributed by atoms with Crippen LogP contribution in [0.5, 0.6) is 0 Å². The van der Waals surface area contributed by atoms with Gasteiger partial charge in [-0.2, -0.15) is 0 Å². The summed E-state index contributed by atoms with van der Waals surface area (Å²) in [7, 11) is -1.46. The summed E-state index contributed by atoms with van der Waals surface area (Å²) in [6, 6.07) is 12.0. The molecule has 1 atom stereocenters. The highest BCUT2D eigenvalue weighted by atomic mass is 32.2. The van der Waals surface area contributed by atoms with Gasteiger partial charge >= 0.3 is 0 Å². The summed E-state index contributed by atoms with van der Waals surface area (Å²) in [6.45, 7) is 0. The quantitative estimate of drug-likeness (QED) is 0.848. The van der Waals surface area contributed by atoms with E-state index in [1.807, 2.05) is 0 Å². The molecule has 20 heavy (non-hydrogen) atoms. The second-order valence-corrected chi connectivity index (χ2v) is 5.57. The second-order valence-electron chi connectivity index (χ2n) is 4.12. The highest BCUT2D eigenvalue weighted by Crippen LogP contribution is 2.12. The predicted molar refractivity (Wildman–Crippen MR) is 77.2 cm³/mol. The molecule has 2 aromatic rings. The van der Waals surface area contributed by atoms with Gasteiger partial charge in [-0.1, -0.05) is 6.07 Å². The molecule has 3 N–H and O–H groups in total. The molecule has 0 spiro atoms. The van der Waals surface area contributed by atoms with Crippen LogP contribution < -0.4 is 11.1 Å². The summed E-state index contributed by atoms with van der Waals surface area (Å²) in [6.07, 6.45) is 0.